The zero-order valence-electron chi connectivity index (χ0n) is 17.3. The smallest absolute Gasteiger partial charge is 0.290 e. The zero-order valence-corrected chi connectivity index (χ0v) is 18.1. The summed E-state index contributed by atoms with van der Waals surface area (Å²) in [4.78, 5) is 28.1. The number of oxazole rings is 1. The van der Waals surface area contributed by atoms with Gasteiger partial charge >= 0.3 is 0 Å². The highest BCUT2D eigenvalue weighted by Crippen LogP contribution is 2.32. The molecule has 2 amide bonds. The van der Waals surface area contributed by atoms with Gasteiger partial charge in [-0.15, -0.1) is 0 Å². The van der Waals surface area contributed by atoms with Gasteiger partial charge in [0.2, 0.25) is 5.89 Å². The maximum absolute atomic E-state index is 11.7. The van der Waals surface area contributed by atoms with Crippen molar-refractivity contribution in [1.82, 2.24) is 10.3 Å². The van der Waals surface area contributed by atoms with Crippen LogP contribution in [0.25, 0.3) is 11.5 Å². The van der Waals surface area contributed by atoms with Crippen LogP contribution >= 0.6 is 11.8 Å². The van der Waals surface area contributed by atoms with Crippen LogP contribution in [-0.2, 0) is 16.1 Å². The number of amides is 2. The average molecular weight is 427 g/mol. The van der Waals surface area contributed by atoms with E-state index in [0.717, 1.165) is 60.9 Å². The summed E-state index contributed by atoms with van der Waals surface area (Å²) in [7, 11) is 0. The van der Waals surface area contributed by atoms with Crippen molar-refractivity contribution in [1.29, 1.82) is 0 Å². The van der Waals surface area contributed by atoms with Gasteiger partial charge in [0.1, 0.15) is 11.5 Å². The highest BCUT2D eigenvalue weighted by Gasteiger charge is 2.27. The van der Waals surface area contributed by atoms with E-state index in [9.17, 15) is 9.59 Å². The number of allylic oxidation sites excluding steroid dienone is 1. The third-order valence-electron chi connectivity index (χ3n) is 5.66. The maximum Gasteiger partial charge on any atom is 0.290 e. The monoisotopic (exact) mass is 426 g/mol. The molecule has 4 rings (SSSR count). The molecule has 30 heavy (non-hydrogen) atoms. The van der Waals surface area contributed by atoms with Gasteiger partial charge in [0.15, 0.2) is 0 Å². The molecule has 7 heteroatoms. The number of carbonyl (C=O) groups is 2. The highest BCUT2D eigenvalue weighted by atomic mass is 32.2. The molecular weight excluding hydrogens is 400 g/mol. The lowest BCUT2D eigenvalue weighted by Crippen LogP contribution is -2.23. The van der Waals surface area contributed by atoms with Crippen molar-refractivity contribution in [3.8, 4) is 11.5 Å². The number of carbonyl (C=O) groups excluding carboxylic acids is 2. The lowest BCUT2D eigenvalue weighted by Gasteiger charge is -2.28. The van der Waals surface area contributed by atoms with Crippen LogP contribution in [0.5, 0.6) is 0 Å². The second kappa shape index (κ2) is 9.18. The number of aryl methyl sites for hydroxylation is 2. The number of imide groups is 1. The van der Waals surface area contributed by atoms with Crippen molar-refractivity contribution in [2.45, 2.75) is 58.7 Å². The summed E-state index contributed by atoms with van der Waals surface area (Å²) in [6.45, 7) is 4.41. The number of nitrogens with one attached hydrogen (secondary N) is 1. The van der Waals surface area contributed by atoms with Crippen molar-refractivity contribution in [2.24, 2.45) is 5.92 Å². The fraction of sp³-hybridized carbons (Fsp3) is 0.435. The van der Waals surface area contributed by atoms with Crippen molar-refractivity contribution in [2.75, 3.05) is 0 Å². The molecule has 0 bridgehead atoms. The van der Waals surface area contributed by atoms with Gasteiger partial charge in [-0.3, -0.25) is 14.9 Å². The topological polar surface area (TPSA) is 81.4 Å². The van der Waals surface area contributed by atoms with Crippen molar-refractivity contribution >= 4 is 22.9 Å². The molecule has 6 nitrogen and oxygen atoms in total. The van der Waals surface area contributed by atoms with Crippen LogP contribution in [0.15, 0.2) is 39.7 Å². The summed E-state index contributed by atoms with van der Waals surface area (Å²) in [6, 6.07) is 8.13. The van der Waals surface area contributed by atoms with E-state index in [-0.39, 0.29) is 17.3 Å². The normalized spacial score (nSPS) is 23.2. The molecule has 2 aromatic rings. The van der Waals surface area contributed by atoms with Crippen LogP contribution in [0.4, 0.5) is 4.79 Å². The number of thioether (sulfide) groups is 1. The molecular formula is C23H26N2O4S. The molecule has 2 atom stereocenters. The summed E-state index contributed by atoms with van der Waals surface area (Å²) >= 11 is 0.985. The van der Waals surface area contributed by atoms with Gasteiger partial charge in [-0.2, -0.15) is 0 Å². The molecule has 2 heterocycles. The molecule has 158 valence electrons. The average Bonchev–Trinajstić information content (AvgIpc) is 3.26. The number of aromatic nitrogens is 1. The first-order chi connectivity index (χ1) is 14.5. The Labute approximate surface area is 180 Å². The SMILES string of the molecule is Cc1ccc(-c2nc(COC3CCCC(CC=C4SC(=O)NC4=O)C3)c(C)o2)cc1. The van der Waals surface area contributed by atoms with Crippen LogP contribution in [-0.4, -0.2) is 22.2 Å². The number of hydrogen-bond acceptors (Lipinski definition) is 6. The first-order valence-corrected chi connectivity index (χ1v) is 11.2. The van der Waals surface area contributed by atoms with Gasteiger partial charge in [0.25, 0.3) is 11.1 Å². The third kappa shape index (κ3) is 5.02. The Morgan fingerprint density at radius 3 is 2.77 bits per heavy atom. The largest absolute Gasteiger partial charge is 0.441 e. The van der Waals surface area contributed by atoms with Crippen LogP contribution < -0.4 is 5.32 Å². The number of rotatable bonds is 6. The fourth-order valence-electron chi connectivity index (χ4n) is 3.92. The Morgan fingerprint density at radius 1 is 1.23 bits per heavy atom. The molecule has 1 aliphatic carbocycles. The van der Waals surface area contributed by atoms with E-state index in [2.05, 4.69) is 17.2 Å². The molecule has 2 fully saturated rings. The number of ether oxygens (including phenoxy) is 1. The van der Waals surface area contributed by atoms with E-state index >= 15 is 0 Å². The summed E-state index contributed by atoms with van der Waals surface area (Å²) in [5, 5.41) is 2.01. The Bertz CT molecular complexity index is 964. The quantitative estimate of drug-likeness (QED) is 0.632. The number of benzene rings is 1. The molecule has 1 saturated heterocycles. The van der Waals surface area contributed by atoms with Gasteiger partial charge in [0.05, 0.1) is 17.6 Å². The second-order valence-electron chi connectivity index (χ2n) is 8.00. The predicted molar refractivity (Wildman–Crippen MR) is 116 cm³/mol. The Balaban J connectivity index is 1.31. The molecule has 1 N–H and O–H groups in total. The molecule has 0 radical (unpaired) electrons. The maximum atomic E-state index is 11.7. The Hall–Kier alpha value is -2.38. The molecule has 1 aromatic carbocycles. The lowest BCUT2D eigenvalue weighted by molar-refractivity contribution is -0.115. The number of hydrogen-bond donors (Lipinski definition) is 1. The molecule has 1 aromatic heterocycles. The van der Waals surface area contributed by atoms with Gasteiger partial charge in [-0.05, 0) is 69.3 Å². The van der Waals surface area contributed by atoms with Gasteiger partial charge in [-0.1, -0.05) is 30.2 Å². The molecule has 0 spiro atoms. The Kier molecular flexibility index (Phi) is 6.39. The standard InChI is InChI=1S/C23H26N2O4S/c1-14-6-9-17(10-7-14)22-24-19(15(2)29-22)13-28-18-5-3-4-16(12-18)8-11-20-21(26)25-23(27)30-20/h6-7,9-11,16,18H,3-5,8,12-13H2,1-2H3,(H,25,26,27). The van der Waals surface area contributed by atoms with Crippen LogP contribution in [0.1, 0.15) is 49.1 Å². The fourth-order valence-corrected chi connectivity index (χ4v) is 4.59. The predicted octanol–water partition coefficient (Wildman–Crippen LogP) is 5.29. The van der Waals surface area contributed by atoms with Crippen LogP contribution in [0, 0.1) is 19.8 Å². The van der Waals surface area contributed by atoms with Crippen molar-refractivity contribution < 1.29 is 18.7 Å². The number of nitrogens with zero attached hydrogens (tertiary/aromatic N) is 1. The van der Waals surface area contributed by atoms with Gasteiger partial charge in [0, 0.05) is 5.56 Å². The first kappa shape index (κ1) is 20.9. The highest BCUT2D eigenvalue weighted by molar-refractivity contribution is 8.18. The summed E-state index contributed by atoms with van der Waals surface area (Å²) in [6.07, 6.45) is 7.06. The summed E-state index contributed by atoms with van der Waals surface area (Å²) in [5.74, 6) is 1.60. The molecule has 2 unspecified atom stereocenters. The Morgan fingerprint density at radius 2 is 2.03 bits per heavy atom. The van der Waals surface area contributed by atoms with E-state index in [1.807, 2.05) is 37.3 Å². The third-order valence-corrected chi connectivity index (χ3v) is 6.52. The van der Waals surface area contributed by atoms with E-state index in [1.165, 1.54) is 5.56 Å². The minimum atomic E-state index is -0.288. The second-order valence-corrected chi connectivity index (χ2v) is 9.02. The van der Waals surface area contributed by atoms with E-state index in [0.29, 0.717) is 23.3 Å². The minimum absolute atomic E-state index is 0.174. The zero-order chi connectivity index (χ0) is 21.1. The van der Waals surface area contributed by atoms with Gasteiger partial charge < -0.3 is 9.15 Å². The minimum Gasteiger partial charge on any atom is -0.441 e. The first-order valence-electron chi connectivity index (χ1n) is 10.4. The van der Waals surface area contributed by atoms with Crippen molar-refractivity contribution in [3.05, 3.63) is 52.3 Å². The van der Waals surface area contributed by atoms with E-state index in [4.69, 9.17) is 9.15 Å². The van der Waals surface area contributed by atoms with Gasteiger partial charge in [-0.25, -0.2) is 4.98 Å². The summed E-state index contributed by atoms with van der Waals surface area (Å²) < 4.78 is 12.0. The van der Waals surface area contributed by atoms with E-state index < -0.39 is 0 Å². The molecule has 1 aliphatic heterocycles. The van der Waals surface area contributed by atoms with E-state index in [1.54, 1.807) is 0 Å². The lowest BCUT2D eigenvalue weighted by atomic mass is 9.85. The van der Waals surface area contributed by atoms with Crippen LogP contribution in [0.3, 0.4) is 0 Å². The molecule has 1 saturated carbocycles. The van der Waals surface area contributed by atoms with Crippen molar-refractivity contribution in [3.63, 3.8) is 0 Å². The molecule has 2 aliphatic rings. The summed E-state index contributed by atoms with van der Waals surface area (Å²) in [5.41, 5.74) is 3.01. The van der Waals surface area contributed by atoms with Crippen LogP contribution in [0.2, 0.25) is 0 Å².